The van der Waals surface area contributed by atoms with Gasteiger partial charge in [0.25, 0.3) is 0 Å². The van der Waals surface area contributed by atoms with Gasteiger partial charge in [0, 0.05) is 7.11 Å². The van der Waals surface area contributed by atoms with Gasteiger partial charge in [-0.1, -0.05) is 33.6 Å². The largest absolute Gasteiger partial charge is 0.383 e. The molecule has 1 saturated heterocycles. The van der Waals surface area contributed by atoms with Crippen LogP contribution in [0.1, 0.15) is 52.9 Å². The zero-order valence-corrected chi connectivity index (χ0v) is 13.1. The second-order valence-corrected chi connectivity index (χ2v) is 5.42. The van der Waals surface area contributed by atoms with E-state index in [2.05, 4.69) is 12.2 Å². The summed E-state index contributed by atoms with van der Waals surface area (Å²) < 4.78 is 5.26. The lowest BCUT2D eigenvalue weighted by molar-refractivity contribution is -0.154. The van der Waals surface area contributed by atoms with Crippen LogP contribution in [0.5, 0.6) is 0 Å². The van der Waals surface area contributed by atoms with Crippen LogP contribution in [-0.4, -0.2) is 48.6 Å². The lowest BCUT2D eigenvalue weighted by atomic mass is 9.98. The minimum atomic E-state index is -0.369. The molecule has 5 heteroatoms. The molecule has 5 nitrogen and oxygen atoms in total. The van der Waals surface area contributed by atoms with E-state index in [1.807, 2.05) is 13.8 Å². The Morgan fingerprint density at radius 3 is 2.45 bits per heavy atom. The molecule has 0 aromatic carbocycles. The molecule has 1 fully saturated rings. The molecule has 0 aromatic heterocycles. The SMILES string of the molecule is CCCC1NC(=O)C(CC)N(C(CCC)COC)C1=O. The molecule has 3 atom stereocenters. The number of hydrogen-bond donors (Lipinski definition) is 1. The first-order chi connectivity index (χ1) is 9.60. The number of nitrogens with zero attached hydrogens (tertiary/aromatic N) is 1. The summed E-state index contributed by atoms with van der Waals surface area (Å²) in [7, 11) is 1.64. The van der Waals surface area contributed by atoms with Crippen molar-refractivity contribution >= 4 is 11.8 Å². The van der Waals surface area contributed by atoms with Crippen LogP contribution in [0, 0.1) is 0 Å². The van der Waals surface area contributed by atoms with Crippen LogP contribution >= 0.6 is 0 Å². The van der Waals surface area contributed by atoms with Crippen molar-refractivity contribution in [1.29, 1.82) is 0 Å². The van der Waals surface area contributed by atoms with E-state index < -0.39 is 0 Å². The number of carbonyl (C=O) groups excluding carboxylic acids is 2. The molecule has 0 spiro atoms. The highest BCUT2D eigenvalue weighted by Gasteiger charge is 2.42. The van der Waals surface area contributed by atoms with E-state index in [9.17, 15) is 9.59 Å². The van der Waals surface area contributed by atoms with Gasteiger partial charge >= 0.3 is 0 Å². The maximum absolute atomic E-state index is 12.7. The third-order valence-corrected chi connectivity index (χ3v) is 3.85. The third-order valence-electron chi connectivity index (χ3n) is 3.85. The molecule has 0 aromatic rings. The molecule has 0 saturated carbocycles. The van der Waals surface area contributed by atoms with Crippen molar-refractivity contribution in [3.63, 3.8) is 0 Å². The Labute approximate surface area is 122 Å². The average molecular weight is 284 g/mol. The Morgan fingerprint density at radius 2 is 1.95 bits per heavy atom. The summed E-state index contributed by atoms with van der Waals surface area (Å²) in [4.78, 5) is 26.7. The molecular weight excluding hydrogens is 256 g/mol. The average Bonchev–Trinajstić information content (AvgIpc) is 2.42. The van der Waals surface area contributed by atoms with Crippen LogP contribution in [0.25, 0.3) is 0 Å². The summed E-state index contributed by atoms with van der Waals surface area (Å²) in [5.41, 5.74) is 0. The Balaban J connectivity index is 2.98. The summed E-state index contributed by atoms with van der Waals surface area (Å²) in [5, 5.41) is 2.87. The van der Waals surface area contributed by atoms with Crippen LogP contribution in [0.3, 0.4) is 0 Å². The van der Waals surface area contributed by atoms with E-state index in [-0.39, 0.29) is 29.9 Å². The van der Waals surface area contributed by atoms with Crippen molar-refractivity contribution < 1.29 is 14.3 Å². The summed E-state index contributed by atoms with van der Waals surface area (Å²) in [6.07, 6.45) is 4.05. The molecule has 20 heavy (non-hydrogen) atoms. The van der Waals surface area contributed by atoms with Crippen LogP contribution < -0.4 is 5.32 Å². The van der Waals surface area contributed by atoms with E-state index >= 15 is 0 Å². The van der Waals surface area contributed by atoms with Gasteiger partial charge in [0.05, 0.1) is 12.6 Å². The van der Waals surface area contributed by atoms with Crippen molar-refractivity contribution in [3.8, 4) is 0 Å². The molecule has 1 aliphatic rings. The van der Waals surface area contributed by atoms with Crippen LogP contribution in [-0.2, 0) is 14.3 Å². The van der Waals surface area contributed by atoms with E-state index in [1.165, 1.54) is 0 Å². The molecule has 1 aliphatic heterocycles. The first kappa shape index (κ1) is 17.0. The molecule has 0 bridgehead atoms. The normalized spacial score (nSPS) is 24.7. The molecule has 1 N–H and O–H groups in total. The van der Waals surface area contributed by atoms with Crippen molar-refractivity contribution in [1.82, 2.24) is 10.2 Å². The van der Waals surface area contributed by atoms with Gasteiger partial charge in [-0.2, -0.15) is 0 Å². The number of rotatable bonds is 8. The minimum Gasteiger partial charge on any atom is -0.383 e. The van der Waals surface area contributed by atoms with Gasteiger partial charge < -0.3 is 15.0 Å². The monoisotopic (exact) mass is 284 g/mol. The smallest absolute Gasteiger partial charge is 0.246 e. The minimum absolute atomic E-state index is 0.00661. The second-order valence-electron chi connectivity index (χ2n) is 5.42. The van der Waals surface area contributed by atoms with Gasteiger partial charge in [0.2, 0.25) is 11.8 Å². The fourth-order valence-electron chi connectivity index (χ4n) is 2.92. The molecule has 2 amide bonds. The zero-order valence-electron chi connectivity index (χ0n) is 13.1. The van der Waals surface area contributed by atoms with Gasteiger partial charge in [-0.25, -0.2) is 0 Å². The molecular formula is C15H28N2O3. The Hall–Kier alpha value is -1.10. The van der Waals surface area contributed by atoms with E-state index in [4.69, 9.17) is 4.74 Å². The van der Waals surface area contributed by atoms with Gasteiger partial charge in [-0.3, -0.25) is 9.59 Å². The first-order valence-electron chi connectivity index (χ1n) is 7.72. The Morgan fingerprint density at radius 1 is 1.25 bits per heavy atom. The highest BCUT2D eigenvalue weighted by atomic mass is 16.5. The number of ether oxygens (including phenoxy) is 1. The standard InChI is InChI=1S/C15H28N2O3/c1-5-8-11(10-20-4)17-13(7-3)14(18)16-12(9-6-2)15(17)19/h11-13H,5-10H2,1-4H3,(H,16,18). The lowest BCUT2D eigenvalue weighted by Gasteiger charge is -2.43. The van der Waals surface area contributed by atoms with Crippen molar-refractivity contribution in [2.24, 2.45) is 0 Å². The molecule has 3 unspecified atom stereocenters. The predicted octanol–water partition coefficient (Wildman–Crippen LogP) is 1.71. The van der Waals surface area contributed by atoms with Crippen LogP contribution in [0.4, 0.5) is 0 Å². The van der Waals surface area contributed by atoms with Crippen molar-refractivity contribution in [2.45, 2.75) is 71.0 Å². The fraction of sp³-hybridized carbons (Fsp3) is 0.867. The summed E-state index contributed by atoms with van der Waals surface area (Å²) in [6, 6.07) is -0.735. The number of amides is 2. The third kappa shape index (κ3) is 3.72. The van der Waals surface area contributed by atoms with Gasteiger partial charge in [0.1, 0.15) is 12.1 Å². The molecule has 116 valence electrons. The van der Waals surface area contributed by atoms with Gasteiger partial charge in [-0.05, 0) is 19.3 Å². The number of piperazine rings is 1. The molecule has 0 aliphatic carbocycles. The van der Waals surface area contributed by atoms with Gasteiger partial charge in [-0.15, -0.1) is 0 Å². The van der Waals surface area contributed by atoms with Crippen LogP contribution in [0.2, 0.25) is 0 Å². The van der Waals surface area contributed by atoms with Crippen molar-refractivity contribution in [2.75, 3.05) is 13.7 Å². The zero-order chi connectivity index (χ0) is 15.1. The van der Waals surface area contributed by atoms with E-state index in [1.54, 1.807) is 12.0 Å². The topological polar surface area (TPSA) is 58.6 Å². The van der Waals surface area contributed by atoms with E-state index in [0.29, 0.717) is 19.4 Å². The quantitative estimate of drug-likeness (QED) is 0.738. The molecule has 1 heterocycles. The lowest BCUT2D eigenvalue weighted by Crippen LogP contribution is -2.66. The highest BCUT2D eigenvalue weighted by molar-refractivity contribution is 5.97. The summed E-state index contributed by atoms with van der Waals surface area (Å²) in [6.45, 7) is 6.54. The summed E-state index contributed by atoms with van der Waals surface area (Å²) in [5.74, 6) is 0.0246. The number of carbonyl (C=O) groups is 2. The van der Waals surface area contributed by atoms with E-state index in [0.717, 1.165) is 19.3 Å². The highest BCUT2D eigenvalue weighted by Crippen LogP contribution is 2.21. The van der Waals surface area contributed by atoms with Crippen LogP contribution in [0.15, 0.2) is 0 Å². The number of methoxy groups -OCH3 is 1. The maximum atomic E-state index is 12.7. The van der Waals surface area contributed by atoms with Gasteiger partial charge in [0.15, 0.2) is 0 Å². The molecule has 0 radical (unpaired) electrons. The van der Waals surface area contributed by atoms with Crippen molar-refractivity contribution in [3.05, 3.63) is 0 Å². The Bertz CT molecular complexity index is 327. The second kappa shape index (κ2) is 8.25. The Kier molecular flexibility index (Phi) is 6.99. The number of nitrogens with one attached hydrogen (secondary N) is 1. The number of hydrogen-bond acceptors (Lipinski definition) is 3. The molecule has 1 rings (SSSR count). The predicted molar refractivity (Wildman–Crippen MR) is 78.3 cm³/mol. The maximum Gasteiger partial charge on any atom is 0.246 e. The first-order valence-corrected chi connectivity index (χ1v) is 7.72. The summed E-state index contributed by atoms with van der Waals surface area (Å²) >= 11 is 0. The fourth-order valence-corrected chi connectivity index (χ4v) is 2.92.